The third-order valence-corrected chi connectivity index (χ3v) is 3.67. The molecule has 0 saturated carbocycles. The van der Waals surface area contributed by atoms with Crippen molar-refractivity contribution in [3.05, 3.63) is 20.6 Å². The largest absolute Gasteiger partial charge is 0.417 e. The molecule has 0 amide bonds. The van der Waals surface area contributed by atoms with Crippen LogP contribution in [0.25, 0.3) is 11.0 Å². The van der Waals surface area contributed by atoms with Crippen LogP contribution >= 0.6 is 43.6 Å². The normalized spacial score (nSPS) is 12.3. The van der Waals surface area contributed by atoms with Gasteiger partial charge in [-0.3, -0.25) is 0 Å². The van der Waals surface area contributed by atoms with Gasteiger partial charge in [-0.2, -0.15) is 21.9 Å². The third-order valence-electron chi connectivity index (χ3n) is 1.74. The molecule has 0 unspecified atom stereocenters. The molecule has 2 aromatic rings. The predicted molar refractivity (Wildman–Crippen MR) is 57.8 cm³/mol. The Bertz CT molecular complexity index is 523. The number of fused-ring (bicyclic) bond motifs is 1. The fourth-order valence-corrected chi connectivity index (χ4v) is 3.00. The molecule has 1 heterocycles. The first kappa shape index (κ1) is 11.3. The Labute approximate surface area is 103 Å². The molecule has 0 bridgehead atoms. The lowest BCUT2D eigenvalue weighted by Crippen LogP contribution is -2.06. The highest BCUT2D eigenvalue weighted by Gasteiger charge is 2.35. The van der Waals surface area contributed by atoms with Crippen molar-refractivity contribution in [2.45, 2.75) is 6.18 Å². The van der Waals surface area contributed by atoms with E-state index in [2.05, 4.69) is 40.6 Å². The van der Waals surface area contributed by atoms with Gasteiger partial charge in [-0.25, -0.2) is 0 Å². The smallest absolute Gasteiger partial charge is 0.172 e. The van der Waals surface area contributed by atoms with Gasteiger partial charge in [0.25, 0.3) is 0 Å². The highest BCUT2D eigenvalue weighted by molar-refractivity contribution is 9.11. The second-order valence-corrected chi connectivity index (χ2v) is 4.85. The summed E-state index contributed by atoms with van der Waals surface area (Å²) in [5.41, 5.74) is -0.101. The van der Waals surface area contributed by atoms with E-state index >= 15 is 0 Å². The standard InChI is InChI=1S/C7HBr2F3N2S/c8-3-1-2(7(10,11)12)4(9)6-5(3)13-15-14-6/h1H. The molecule has 0 aliphatic rings. The lowest BCUT2D eigenvalue weighted by molar-refractivity contribution is -0.138. The SMILES string of the molecule is FC(F)(F)c1cc(Br)c2nsnc2c1Br. The number of hydrogen-bond acceptors (Lipinski definition) is 3. The Morgan fingerprint density at radius 3 is 2.33 bits per heavy atom. The van der Waals surface area contributed by atoms with Gasteiger partial charge in [-0.05, 0) is 37.9 Å². The summed E-state index contributed by atoms with van der Waals surface area (Å²) in [4.78, 5) is 0. The third kappa shape index (κ3) is 1.90. The molecule has 1 aromatic heterocycles. The summed E-state index contributed by atoms with van der Waals surface area (Å²) in [7, 11) is 0. The Balaban J connectivity index is 2.83. The minimum Gasteiger partial charge on any atom is -0.172 e. The van der Waals surface area contributed by atoms with Gasteiger partial charge in [0.15, 0.2) is 0 Å². The maximum absolute atomic E-state index is 12.6. The molecule has 0 spiro atoms. The molecule has 1 aromatic carbocycles. The molecule has 0 N–H and O–H groups in total. The van der Waals surface area contributed by atoms with Crippen LogP contribution in [0, 0.1) is 0 Å². The Morgan fingerprint density at radius 2 is 1.73 bits per heavy atom. The first-order valence-electron chi connectivity index (χ1n) is 3.58. The number of nitrogens with zero attached hydrogens (tertiary/aromatic N) is 2. The monoisotopic (exact) mass is 360 g/mol. The predicted octanol–water partition coefficient (Wildman–Crippen LogP) is 4.24. The molecule has 15 heavy (non-hydrogen) atoms. The number of aromatic nitrogens is 2. The van der Waals surface area contributed by atoms with E-state index in [4.69, 9.17) is 0 Å². The van der Waals surface area contributed by atoms with E-state index in [1.807, 2.05) is 0 Å². The summed E-state index contributed by atoms with van der Waals surface area (Å²) >= 11 is 6.80. The van der Waals surface area contributed by atoms with Crippen LogP contribution in [-0.2, 0) is 6.18 Å². The maximum atomic E-state index is 12.6. The molecule has 0 radical (unpaired) electrons. The van der Waals surface area contributed by atoms with Crippen molar-refractivity contribution < 1.29 is 13.2 Å². The first-order valence-corrected chi connectivity index (χ1v) is 5.90. The van der Waals surface area contributed by atoms with Crippen molar-refractivity contribution in [2.75, 3.05) is 0 Å². The van der Waals surface area contributed by atoms with Crippen molar-refractivity contribution in [1.82, 2.24) is 8.75 Å². The summed E-state index contributed by atoms with van der Waals surface area (Å²) in [6.45, 7) is 0. The molecule has 80 valence electrons. The van der Waals surface area contributed by atoms with Crippen molar-refractivity contribution in [3.63, 3.8) is 0 Å². The van der Waals surface area contributed by atoms with Gasteiger partial charge < -0.3 is 0 Å². The summed E-state index contributed by atoms with van der Waals surface area (Å²) in [5.74, 6) is 0. The van der Waals surface area contributed by atoms with Crippen molar-refractivity contribution in [2.24, 2.45) is 0 Å². The Morgan fingerprint density at radius 1 is 1.13 bits per heavy atom. The molecule has 0 atom stereocenters. The van der Waals surface area contributed by atoms with E-state index < -0.39 is 11.7 Å². The summed E-state index contributed by atoms with van der Waals surface area (Å²) in [6, 6.07) is 0.994. The Kier molecular flexibility index (Phi) is 2.76. The Hall–Kier alpha value is -0.210. The number of hydrogen-bond donors (Lipinski definition) is 0. The van der Waals surface area contributed by atoms with E-state index in [-0.39, 0.29) is 9.99 Å². The van der Waals surface area contributed by atoms with Gasteiger partial charge in [0.05, 0.1) is 21.8 Å². The van der Waals surface area contributed by atoms with Crippen molar-refractivity contribution in [1.29, 1.82) is 0 Å². The molecule has 8 heteroatoms. The van der Waals surface area contributed by atoms with Crippen LogP contribution in [0.1, 0.15) is 5.56 Å². The summed E-state index contributed by atoms with van der Waals surface area (Å²) in [5, 5.41) is 0. The van der Waals surface area contributed by atoms with Crippen LogP contribution in [0.4, 0.5) is 13.2 Å². The molecule has 0 fully saturated rings. The van der Waals surface area contributed by atoms with Gasteiger partial charge in [0.1, 0.15) is 11.0 Å². The molecular weight excluding hydrogens is 361 g/mol. The number of benzene rings is 1. The fraction of sp³-hybridized carbons (Fsp3) is 0.143. The minimum atomic E-state index is -4.40. The van der Waals surface area contributed by atoms with Crippen LogP contribution in [0.3, 0.4) is 0 Å². The lowest BCUT2D eigenvalue weighted by Gasteiger charge is -2.09. The maximum Gasteiger partial charge on any atom is 0.417 e. The van der Waals surface area contributed by atoms with Crippen molar-refractivity contribution >= 4 is 54.6 Å². The van der Waals surface area contributed by atoms with E-state index in [1.54, 1.807) is 0 Å². The molecule has 2 nitrogen and oxygen atoms in total. The molecule has 0 aliphatic heterocycles. The number of alkyl halides is 3. The number of rotatable bonds is 0. The van der Waals surface area contributed by atoms with Gasteiger partial charge in [0.2, 0.25) is 0 Å². The van der Waals surface area contributed by atoms with E-state index in [9.17, 15) is 13.2 Å². The van der Waals surface area contributed by atoms with E-state index in [0.29, 0.717) is 9.99 Å². The van der Waals surface area contributed by atoms with Crippen LogP contribution in [0.15, 0.2) is 15.0 Å². The fourth-order valence-electron chi connectivity index (χ4n) is 1.08. The van der Waals surface area contributed by atoms with Gasteiger partial charge in [-0.1, -0.05) is 0 Å². The average Bonchev–Trinajstić information content (AvgIpc) is 2.58. The van der Waals surface area contributed by atoms with Crippen LogP contribution < -0.4 is 0 Å². The average molecular weight is 362 g/mol. The highest BCUT2D eigenvalue weighted by Crippen LogP contribution is 2.40. The molecule has 0 saturated heterocycles. The highest BCUT2D eigenvalue weighted by atomic mass is 79.9. The van der Waals surface area contributed by atoms with Gasteiger partial charge in [-0.15, -0.1) is 0 Å². The second-order valence-electron chi connectivity index (χ2n) is 2.68. The summed E-state index contributed by atoms with van der Waals surface area (Å²) < 4.78 is 45.6. The molecule has 0 aliphatic carbocycles. The zero-order chi connectivity index (χ0) is 11.2. The van der Waals surface area contributed by atoms with E-state index in [0.717, 1.165) is 17.8 Å². The quantitative estimate of drug-likeness (QED) is 0.701. The molecular formula is C7HBr2F3N2S. The van der Waals surface area contributed by atoms with Gasteiger partial charge >= 0.3 is 6.18 Å². The van der Waals surface area contributed by atoms with Crippen LogP contribution in [0.5, 0.6) is 0 Å². The minimum absolute atomic E-state index is 0.0676. The molecule has 2 rings (SSSR count). The zero-order valence-corrected chi connectivity index (χ0v) is 10.8. The van der Waals surface area contributed by atoms with E-state index in [1.165, 1.54) is 0 Å². The topological polar surface area (TPSA) is 25.8 Å². The second kappa shape index (κ2) is 3.67. The number of halogens is 5. The van der Waals surface area contributed by atoms with Crippen molar-refractivity contribution in [3.8, 4) is 0 Å². The van der Waals surface area contributed by atoms with Crippen LogP contribution in [0.2, 0.25) is 0 Å². The van der Waals surface area contributed by atoms with Crippen LogP contribution in [-0.4, -0.2) is 8.75 Å². The first-order chi connectivity index (χ1) is 6.91. The zero-order valence-electron chi connectivity index (χ0n) is 6.77. The lowest BCUT2D eigenvalue weighted by atomic mass is 10.2. The van der Waals surface area contributed by atoms with Gasteiger partial charge in [0, 0.05) is 4.47 Å². The summed E-state index contributed by atoms with van der Waals surface area (Å²) in [6.07, 6.45) is -4.40.